The van der Waals surface area contributed by atoms with Crippen molar-refractivity contribution in [3.05, 3.63) is 29.5 Å². The zero-order valence-corrected chi connectivity index (χ0v) is 10.9. The van der Waals surface area contributed by atoms with Crippen molar-refractivity contribution >= 4 is 29.1 Å². The summed E-state index contributed by atoms with van der Waals surface area (Å²) < 4.78 is 1.41. The largest absolute Gasteiger partial charge is 0.346 e. The second-order valence-corrected chi connectivity index (χ2v) is 4.54. The normalized spacial score (nSPS) is 15.3. The Kier molecular flexibility index (Phi) is 3.07. The average molecular weight is 293 g/mol. The number of halogens is 1. The Balaban J connectivity index is 2.10. The molecule has 1 aromatic carbocycles. The molecule has 102 valence electrons. The molecule has 1 saturated heterocycles. The maximum Gasteiger partial charge on any atom is 0.316 e. The molecule has 0 spiro atoms. The van der Waals surface area contributed by atoms with Gasteiger partial charge in [0, 0.05) is 18.1 Å². The number of piperazine rings is 1. The summed E-state index contributed by atoms with van der Waals surface area (Å²) in [6.07, 6.45) is 1.40. The zero-order chi connectivity index (χ0) is 14.1. The SMILES string of the molecule is O=C1NCCN(c2cc(Cl)ccc2-n2cnnn2)C1=O. The van der Waals surface area contributed by atoms with E-state index >= 15 is 0 Å². The fourth-order valence-corrected chi connectivity index (χ4v) is 2.16. The fourth-order valence-electron chi connectivity index (χ4n) is 1.99. The summed E-state index contributed by atoms with van der Waals surface area (Å²) in [5, 5.41) is 13.8. The first-order valence-corrected chi connectivity index (χ1v) is 6.17. The van der Waals surface area contributed by atoms with Gasteiger partial charge in [-0.1, -0.05) is 11.6 Å². The van der Waals surface area contributed by atoms with Crippen molar-refractivity contribution in [2.75, 3.05) is 18.0 Å². The van der Waals surface area contributed by atoms with Crippen LogP contribution in [0, 0.1) is 0 Å². The van der Waals surface area contributed by atoms with Crippen LogP contribution in [-0.2, 0) is 9.59 Å². The molecular formula is C11H9ClN6O2. The third kappa shape index (κ3) is 2.10. The van der Waals surface area contributed by atoms with Crippen molar-refractivity contribution < 1.29 is 9.59 Å². The van der Waals surface area contributed by atoms with Gasteiger partial charge in [-0.3, -0.25) is 9.59 Å². The van der Waals surface area contributed by atoms with Crippen LogP contribution in [0.25, 0.3) is 5.69 Å². The number of aromatic nitrogens is 4. The lowest BCUT2D eigenvalue weighted by Gasteiger charge is -2.28. The Morgan fingerprint density at radius 1 is 1.25 bits per heavy atom. The van der Waals surface area contributed by atoms with Crippen molar-refractivity contribution in [2.45, 2.75) is 0 Å². The fraction of sp³-hybridized carbons (Fsp3) is 0.182. The van der Waals surface area contributed by atoms with Crippen molar-refractivity contribution in [3.63, 3.8) is 0 Å². The predicted octanol–water partition coefficient (Wildman–Crippen LogP) is -0.222. The third-order valence-electron chi connectivity index (χ3n) is 2.88. The summed E-state index contributed by atoms with van der Waals surface area (Å²) in [5.41, 5.74) is 1.06. The number of hydrogen-bond acceptors (Lipinski definition) is 5. The number of benzene rings is 1. The van der Waals surface area contributed by atoms with E-state index in [2.05, 4.69) is 20.8 Å². The molecule has 0 atom stereocenters. The summed E-state index contributed by atoms with van der Waals surface area (Å²) in [4.78, 5) is 24.8. The van der Waals surface area contributed by atoms with E-state index in [-0.39, 0.29) is 0 Å². The monoisotopic (exact) mass is 292 g/mol. The van der Waals surface area contributed by atoms with Crippen LogP contribution < -0.4 is 10.2 Å². The lowest BCUT2D eigenvalue weighted by Crippen LogP contribution is -2.52. The van der Waals surface area contributed by atoms with Crippen LogP contribution in [0.5, 0.6) is 0 Å². The van der Waals surface area contributed by atoms with Gasteiger partial charge in [-0.15, -0.1) is 5.10 Å². The number of carbonyl (C=O) groups excluding carboxylic acids is 2. The van der Waals surface area contributed by atoms with Gasteiger partial charge >= 0.3 is 11.8 Å². The van der Waals surface area contributed by atoms with Crippen molar-refractivity contribution in [1.82, 2.24) is 25.5 Å². The Bertz CT molecular complexity index is 672. The molecule has 0 unspecified atom stereocenters. The molecule has 1 aromatic heterocycles. The molecule has 0 bridgehead atoms. The smallest absolute Gasteiger partial charge is 0.316 e. The molecule has 20 heavy (non-hydrogen) atoms. The Morgan fingerprint density at radius 3 is 2.85 bits per heavy atom. The number of tetrazole rings is 1. The van der Waals surface area contributed by atoms with E-state index in [4.69, 9.17) is 11.6 Å². The first-order valence-electron chi connectivity index (χ1n) is 5.79. The number of anilines is 1. The minimum Gasteiger partial charge on any atom is -0.346 e. The molecule has 9 heteroatoms. The van der Waals surface area contributed by atoms with Crippen LogP contribution in [0.2, 0.25) is 5.02 Å². The second-order valence-electron chi connectivity index (χ2n) is 4.10. The van der Waals surface area contributed by atoms with E-state index in [0.717, 1.165) is 0 Å². The molecule has 2 heterocycles. The number of amides is 2. The van der Waals surface area contributed by atoms with E-state index < -0.39 is 11.8 Å². The van der Waals surface area contributed by atoms with Gasteiger partial charge in [-0.25, -0.2) is 0 Å². The molecule has 3 rings (SSSR count). The molecule has 0 saturated carbocycles. The highest BCUT2D eigenvalue weighted by Crippen LogP contribution is 2.28. The highest BCUT2D eigenvalue weighted by molar-refractivity contribution is 6.41. The van der Waals surface area contributed by atoms with Gasteiger partial charge in [-0.2, -0.15) is 4.68 Å². The van der Waals surface area contributed by atoms with Gasteiger partial charge in [0.2, 0.25) is 0 Å². The highest BCUT2D eigenvalue weighted by atomic mass is 35.5. The van der Waals surface area contributed by atoms with E-state index in [9.17, 15) is 9.59 Å². The maximum atomic E-state index is 12.0. The van der Waals surface area contributed by atoms with E-state index in [1.165, 1.54) is 15.9 Å². The molecule has 1 aliphatic rings. The first kappa shape index (κ1) is 12.5. The minimum absolute atomic E-state index is 0.361. The number of nitrogens with one attached hydrogen (secondary N) is 1. The summed E-state index contributed by atoms with van der Waals surface area (Å²) >= 11 is 5.98. The van der Waals surface area contributed by atoms with Crippen molar-refractivity contribution in [2.24, 2.45) is 0 Å². The van der Waals surface area contributed by atoms with Gasteiger partial charge in [0.05, 0.1) is 11.4 Å². The molecule has 0 radical (unpaired) electrons. The van der Waals surface area contributed by atoms with Crippen LogP contribution in [0.3, 0.4) is 0 Å². The Hall–Kier alpha value is -2.48. The quantitative estimate of drug-likeness (QED) is 0.772. The molecular weight excluding hydrogens is 284 g/mol. The Labute approximate surface area is 118 Å². The number of nitrogens with zero attached hydrogens (tertiary/aromatic N) is 5. The van der Waals surface area contributed by atoms with Crippen LogP contribution in [-0.4, -0.2) is 45.1 Å². The molecule has 1 fully saturated rings. The molecule has 2 amide bonds. The first-order chi connectivity index (χ1) is 9.66. The molecule has 1 aliphatic heterocycles. The van der Waals surface area contributed by atoms with Crippen LogP contribution >= 0.6 is 11.6 Å². The standard InChI is InChI=1S/C11H9ClN6O2/c12-7-1-2-8(18-6-14-15-16-18)9(5-7)17-4-3-13-10(19)11(17)20/h1-2,5-6H,3-4H2,(H,13,19). The summed E-state index contributed by atoms with van der Waals surface area (Å²) in [7, 11) is 0. The van der Waals surface area contributed by atoms with Gasteiger partial charge < -0.3 is 10.2 Å². The number of carbonyl (C=O) groups is 2. The van der Waals surface area contributed by atoms with Gasteiger partial charge in [0.25, 0.3) is 0 Å². The van der Waals surface area contributed by atoms with E-state index in [1.54, 1.807) is 18.2 Å². The highest BCUT2D eigenvalue weighted by Gasteiger charge is 2.29. The third-order valence-corrected chi connectivity index (χ3v) is 3.12. The van der Waals surface area contributed by atoms with Crippen LogP contribution in [0.4, 0.5) is 5.69 Å². The van der Waals surface area contributed by atoms with Crippen molar-refractivity contribution in [1.29, 1.82) is 0 Å². The average Bonchev–Trinajstić information content (AvgIpc) is 2.96. The molecule has 8 nitrogen and oxygen atoms in total. The summed E-state index contributed by atoms with van der Waals surface area (Å²) in [6.45, 7) is 0.742. The lowest BCUT2D eigenvalue weighted by atomic mass is 10.2. The maximum absolute atomic E-state index is 12.0. The van der Waals surface area contributed by atoms with Crippen LogP contribution in [0.15, 0.2) is 24.5 Å². The second kappa shape index (κ2) is 4.89. The lowest BCUT2D eigenvalue weighted by molar-refractivity contribution is -0.138. The Morgan fingerprint density at radius 2 is 2.10 bits per heavy atom. The predicted molar refractivity (Wildman–Crippen MR) is 69.5 cm³/mol. The molecule has 2 aromatic rings. The summed E-state index contributed by atoms with van der Waals surface area (Å²) in [6, 6.07) is 4.96. The summed E-state index contributed by atoms with van der Waals surface area (Å²) in [5.74, 6) is -1.27. The van der Waals surface area contributed by atoms with E-state index in [0.29, 0.717) is 29.5 Å². The molecule has 0 aliphatic carbocycles. The van der Waals surface area contributed by atoms with Gasteiger partial charge in [0.1, 0.15) is 6.33 Å². The zero-order valence-electron chi connectivity index (χ0n) is 10.2. The number of rotatable bonds is 2. The minimum atomic E-state index is -0.640. The van der Waals surface area contributed by atoms with Crippen LogP contribution in [0.1, 0.15) is 0 Å². The van der Waals surface area contributed by atoms with Crippen molar-refractivity contribution in [3.8, 4) is 5.69 Å². The van der Waals surface area contributed by atoms with Gasteiger partial charge in [-0.05, 0) is 28.6 Å². The number of hydrogen-bond donors (Lipinski definition) is 1. The molecule has 1 N–H and O–H groups in total. The topological polar surface area (TPSA) is 93.0 Å². The van der Waals surface area contributed by atoms with Gasteiger partial charge in [0.15, 0.2) is 0 Å². The van der Waals surface area contributed by atoms with E-state index in [1.807, 2.05) is 0 Å².